The molecular weight excluding hydrogens is 184 g/mol. The SMILES string of the molecule is CC(C)C(c1ccccc1)C(C)(C)C=O. The fourth-order valence-electron chi connectivity index (χ4n) is 2.41. The van der Waals surface area contributed by atoms with E-state index in [0.29, 0.717) is 5.92 Å². The largest absolute Gasteiger partial charge is 0.303 e. The monoisotopic (exact) mass is 204 g/mol. The van der Waals surface area contributed by atoms with Crippen molar-refractivity contribution in [2.75, 3.05) is 0 Å². The molecule has 0 spiro atoms. The first kappa shape index (κ1) is 12.0. The minimum Gasteiger partial charge on any atom is -0.303 e. The molecule has 1 heteroatoms. The van der Waals surface area contributed by atoms with E-state index in [4.69, 9.17) is 0 Å². The van der Waals surface area contributed by atoms with E-state index in [-0.39, 0.29) is 11.3 Å². The summed E-state index contributed by atoms with van der Waals surface area (Å²) in [5, 5.41) is 0. The van der Waals surface area contributed by atoms with Gasteiger partial charge in [0.2, 0.25) is 0 Å². The maximum absolute atomic E-state index is 11.1. The molecule has 82 valence electrons. The third-order valence-corrected chi connectivity index (χ3v) is 2.93. The molecule has 0 radical (unpaired) electrons. The molecule has 0 saturated heterocycles. The first-order chi connectivity index (χ1) is 6.99. The molecular formula is C14H20O. The summed E-state index contributed by atoms with van der Waals surface area (Å²) in [4.78, 5) is 11.1. The molecule has 0 amide bonds. The van der Waals surface area contributed by atoms with Gasteiger partial charge in [-0.15, -0.1) is 0 Å². The van der Waals surface area contributed by atoms with Crippen LogP contribution in [0.4, 0.5) is 0 Å². The second kappa shape index (κ2) is 4.61. The van der Waals surface area contributed by atoms with Crippen molar-refractivity contribution in [3.8, 4) is 0 Å². The molecule has 1 nitrogen and oxygen atoms in total. The Kier molecular flexibility index (Phi) is 3.67. The van der Waals surface area contributed by atoms with Gasteiger partial charge in [-0.25, -0.2) is 0 Å². The van der Waals surface area contributed by atoms with Crippen LogP contribution in [-0.2, 0) is 4.79 Å². The minimum absolute atomic E-state index is 0.288. The fraction of sp³-hybridized carbons (Fsp3) is 0.500. The van der Waals surface area contributed by atoms with Crippen LogP contribution in [-0.4, -0.2) is 6.29 Å². The highest BCUT2D eigenvalue weighted by Crippen LogP contribution is 2.39. The van der Waals surface area contributed by atoms with Crippen LogP contribution in [0.2, 0.25) is 0 Å². The second-order valence-corrected chi connectivity index (χ2v) is 5.07. The van der Waals surface area contributed by atoms with Gasteiger partial charge in [-0.3, -0.25) is 0 Å². The van der Waals surface area contributed by atoms with Gasteiger partial charge in [0.25, 0.3) is 0 Å². The van der Waals surface area contributed by atoms with Gasteiger partial charge in [-0.05, 0) is 17.4 Å². The third kappa shape index (κ3) is 2.68. The molecule has 0 aliphatic heterocycles. The van der Waals surface area contributed by atoms with Crippen molar-refractivity contribution in [2.45, 2.75) is 33.6 Å². The lowest BCUT2D eigenvalue weighted by Crippen LogP contribution is -2.27. The van der Waals surface area contributed by atoms with Crippen molar-refractivity contribution < 1.29 is 4.79 Å². The van der Waals surface area contributed by atoms with Gasteiger partial charge < -0.3 is 4.79 Å². The Morgan fingerprint density at radius 2 is 1.67 bits per heavy atom. The summed E-state index contributed by atoms with van der Waals surface area (Å²) in [6, 6.07) is 10.3. The lowest BCUT2D eigenvalue weighted by Gasteiger charge is -2.33. The van der Waals surface area contributed by atoms with Crippen molar-refractivity contribution in [3.63, 3.8) is 0 Å². The lowest BCUT2D eigenvalue weighted by atomic mass is 9.70. The number of aldehydes is 1. The molecule has 0 bridgehead atoms. The first-order valence-electron chi connectivity index (χ1n) is 5.50. The second-order valence-electron chi connectivity index (χ2n) is 5.07. The smallest absolute Gasteiger partial charge is 0.126 e. The summed E-state index contributed by atoms with van der Waals surface area (Å²) in [5.74, 6) is 0.754. The van der Waals surface area contributed by atoms with Gasteiger partial charge in [-0.1, -0.05) is 58.0 Å². The van der Waals surface area contributed by atoms with E-state index in [1.807, 2.05) is 32.0 Å². The van der Waals surface area contributed by atoms with Crippen LogP contribution >= 0.6 is 0 Å². The van der Waals surface area contributed by atoms with Gasteiger partial charge in [0.15, 0.2) is 0 Å². The number of hydrogen-bond donors (Lipinski definition) is 0. The predicted molar refractivity (Wildman–Crippen MR) is 63.9 cm³/mol. The Bertz CT molecular complexity index is 311. The van der Waals surface area contributed by atoms with E-state index in [9.17, 15) is 4.79 Å². The zero-order valence-corrected chi connectivity index (χ0v) is 10.0. The fourth-order valence-corrected chi connectivity index (χ4v) is 2.41. The molecule has 0 aliphatic rings. The number of carbonyl (C=O) groups excluding carboxylic acids is 1. The average Bonchev–Trinajstić information content (AvgIpc) is 2.18. The summed E-state index contributed by atoms with van der Waals surface area (Å²) >= 11 is 0. The van der Waals surface area contributed by atoms with E-state index < -0.39 is 0 Å². The van der Waals surface area contributed by atoms with Crippen LogP contribution < -0.4 is 0 Å². The Labute approximate surface area is 92.5 Å². The van der Waals surface area contributed by atoms with Crippen molar-refractivity contribution in [3.05, 3.63) is 35.9 Å². The number of benzene rings is 1. The summed E-state index contributed by atoms with van der Waals surface area (Å²) in [5.41, 5.74) is 0.958. The first-order valence-corrected chi connectivity index (χ1v) is 5.50. The van der Waals surface area contributed by atoms with E-state index >= 15 is 0 Å². The molecule has 1 rings (SSSR count). The highest BCUT2D eigenvalue weighted by molar-refractivity contribution is 5.60. The third-order valence-electron chi connectivity index (χ3n) is 2.93. The molecule has 0 heterocycles. The highest BCUT2D eigenvalue weighted by atomic mass is 16.1. The normalized spacial score (nSPS) is 13.9. The van der Waals surface area contributed by atoms with Gasteiger partial charge >= 0.3 is 0 Å². The van der Waals surface area contributed by atoms with E-state index in [2.05, 4.69) is 26.0 Å². The molecule has 1 unspecified atom stereocenters. The van der Waals surface area contributed by atoms with Gasteiger partial charge in [0.1, 0.15) is 6.29 Å². The Morgan fingerprint density at radius 1 is 1.13 bits per heavy atom. The Hall–Kier alpha value is -1.11. The van der Waals surface area contributed by atoms with Crippen molar-refractivity contribution in [2.24, 2.45) is 11.3 Å². The molecule has 0 aliphatic carbocycles. The minimum atomic E-state index is -0.296. The Morgan fingerprint density at radius 3 is 2.07 bits per heavy atom. The highest BCUT2D eigenvalue weighted by Gasteiger charge is 2.32. The van der Waals surface area contributed by atoms with Gasteiger partial charge in [0.05, 0.1) is 0 Å². The summed E-state index contributed by atoms with van der Waals surface area (Å²) in [7, 11) is 0. The van der Waals surface area contributed by atoms with Crippen molar-refractivity contribution in [1.29, 1.82) is 0 Å². The van der Waals surface area contributed by atoms with E-state index in [0.717, 1.165) is 6.29 Å². The van der Waals surface area contributed by atoms with E-state index in [1.54, 1.807) is 0 Å². The number of rotatable bonds is 4. The van der Waals surface area contributed by atoms with Crippen LogP contribution in [0.5, 0.6) is 0 Å². The molecule has 0 N–H and O–H groups in total. The zero-order chi connectivity index (χ0) is 11.5. The molecule has 1 aromatic carbocycles. The number of hydrogen-bond acceptors (Lipinski definition) is 1. The summed E-state index contributed by atoms with van der Waals surface area (Å²) in [6.45, 7) is 8.36. The molecule has 1 aromatic rings. The van der Waals surface area contributed by atoms with Crippen LogP contribution in [0.15, 0.2) is 30.3 Å². The van der Waals surface area contributed by atoms with Gasteiger partial charge in [-0.2, -0.15) is 0 Å². The topological polar surface area (TPSA) is 17.1 Å². The zero-order valence-electron chi connectivity index (χ0n) is 10.0. The van der Waals surface area contributed by atoms with Gasteiger partial charge in [0, 0.05) is 5.41 Å². The van der Waals surface area contributed by atoms with Crippen molar-refractivity contribution in [1.82, 2.24) is 0 Å². The lowest BCUT2D eigenvalue weighted by molar-refractivity contribution is -0.116. The van der Waals surface area contributed by atoms with Crippen molar-refractivity contribution >= 4 is 6.29 Å². The van der Waals surface area contributed by atoms with Crippen LogP contribution in [0.1, 0.15) is 39.2 Å². The quantitative estimate of drug-likeness (QED) is 0.684. The summed E-state index contributed by atoms with van der Waals surface area (Å²) in [6.07, 6.45) is 1.07. The molecule has 1 atom stereocenters. The summed E-state index contributed by atoms with van der Waals surface area (Å²) < 4.78 is 0. The molecule has 0 aromatic heterocycles. The predicted octanol–water partition coefficient (Wildman–Crippen LogP) is 3.65. The van der Waals surface area contributed by atoms with Crippen LogP contribution in [0.25, 0.3) is 0 Å². The van der Waals surface area contributed by atoms with Crippen LogP contribution in [0, 0.1) is 11.3 Å². The standard InChI is InChI=1S/C14H20O/c1-11(2)13(14(3,4)10-15)12-8-6-5-7-9-12/h5-11,13H,1-4H3. The Balaban J connectivity index is 3.10. The maximum atomic E-state index is 11.1. The average molecular weight is 204 g/mol. The molecule has 15 heavy (non-hydrogen) atoms. The number of carbonyl (C=O) groups is 1. The van der Waals surface area contributed by atoms with Crippen LogP contribution in [0.3, 0.4) is 0 Å². The molecule has 0 fully saturated rings. The molecule has 0 saturated carbocycles. The maximum Gasteiger partial charge on any atom is 0.126 e. The van der Waals surface area contributed by atoms with E-state index in [1.165, 1.54) is 5.56 Å².